The Labute approximate surface area is 180 Å². The second-order valence-corrected chi connectivity index (χ2v) is 16.1. The third kappa shape index (κ3) is 5.05. The highest BCUT2D eigenvalue weighted by Crippen LogP contribution is 2.68. The van der Waals surface area contributed by atoms with Gasteiger partial charge in [-0.15, -0.1) is 18.8 Å². The molecule has 0 radical (unpaired) electrons. The van der Waals surface area contributed by atoms with Gasteiger partial charge in [0.1, 0.15) is 0 Å². The third-order valence-electron chi connectivity index (χ3n) is 5.38. The van der Waals surface area contributed by atoms with Gasteiger partial charge >= 0.3 is 0 Å². The normalized spacial score (nSPS) is 13.8. The molecule has 0 unspecified atom stereocenters. The van der Waals surface area contributed by atoms with Crippen LogP contribution in [0.15, 0.2) is 78.9 Å². The maximum Gasteiger partial charge on any atom is -0.0171 e. The minimum absolute atomic E-state index is 0.223. The lowest BCUT2D eigenvalue weighted by atomic mass is 10.2. The van der Waals surface area contributed by atoms with Gasteiger partial charge in [0.15, 0.2) is 0 Å². The third-order valence-corrected chi connectivity index (χ3v) is 11.8. The van der Waals surface area contributed by atoms with E-state index in [1.807, 2.05) is 0 Å². The summed E-state index contributed by atoms with van der Waals surface area (Å²) in [5.74, 6) is 0. The van der Waals surface area contributed by atoms with Gasteiger partial charge in [-0.25, -0.2) is 12.1 Å². The SMILES string of the molecule is C[C@@H]([c-]1cccc1P(c1ccccc1)c1ccccc1)P(C(C)(C)C)C(C)(C)C. The van der Waals surface area contributed by atoms with Gasteiger partial charge in [-0.05, 0) is 34.5 Å². The van der Waals surface area contributed by atoms with Crippen molar-refractivity contribution in [2.24, 2.45) is 0 Å². The quantitative estimate of drug-likeness (QED) is 0.299. The van der Waals surface area contributed by atoms with Crippen LogP contribution in [0.4, 0.5) is 0 Å². The summed E-state index contributed by atoms with van der Waals surface area (Å²) in [5, 5.41) is 5.02. The zero-order valence-corrected chi connectivity index (χ0v) is 20.8. The average molecular weight is 422 g/mol. The van der Waals surface area contributed by atoms with Gasteiger partial charge in [-0.1, -0.05) is 109 Å². The first kappa shape index (κ1) is 22.3. The molecule has 0 aliphatic rings. The van der Waals surface area contributed by atoms with Gasteiger partial charge in [0, 0.05) is 0 Å². The molecule has 0 aliphatic carbocycles. The second kappa shape index (κ2) is 8.79. The van der Waals surface area contributed by atoms with Crippen LogP contribution in [0.1, 0.15) is 59.7 Å². The fourth-order valence-electron chi connectivity index (χ4n) is 4.87. The smallest absolute Gasteiger partial charge is 0.0171 e. The second-order valence-electron chi connectivity index (χ2n) is 9.76. The Balaban J connectivity index is 2.13. The van der Waals surface area contributed by atoms with Crippen LogP contribution >= 0.6 is 15.8 Å². The monoisotopic (exact) mass is 421 g/mol. The number of hydrogen-bond acceptors (Lipinski definition) is 0. The zero-order valence-electron chi connectivity index (χ0n) is 19.0. The van der Waals surface area contributed by atoms with Gasteiger partial charge in [0.25, 0.3) is 0 Å². The standard InChI is InChI=1S/C27H35P2/c1-21(29(26(2,3)4)27(5,6)7)24-19-14-20-25(24)28(22-15-10-8-11-16-22)23-17-12-9-13-18-23/h8-21H,1-7H3/q-1/t21-/m0/s1. The summed E-state index contributed by atoms with van der Waals surface area (Å²) in [6.45, 7) is 17.1. The van der Waals surface area contributed by atoms with Crippen molar-refractivity contribution in [3.63, 3.8) is 0 Å². The first-order chi connectivity index (χ1) is 13.6. The molecule has 29 heavy (non-hydrogen) atoms. The van der Waals surface area contributed by atoms with Crippen LogP contribution in [0, 0.1) is 0 Å². The van der Waals surface area contributed by atoms with Gasteiger partial charge in [-0.2, -0.15) is 6.07 Å². The molecule has 2 heteroatoms. The molecule has 3 aromatic carbocycles. The molecule has 0 amide bonds. The number of hydrogen-bond donors (Lipinski definition) is 0. The van der Waals surface area contributed by atoms with E-state index < -0.39 is 7.92 Å². The lowest BCUT2D eigenvalue weighted by molar-refractivity contribution is 0.690. The van der Waals surface area contributed by atoms with E-state index in [0.717, 1.165) is 0 Å². The van der Waals surface area contributed by atoms with Crippen molar-refractivity contribution in [1.29, 1.82) is 0 Å². The first-order valence-corrected chi connectivity index (χ1v) is 13.3. The Kier molecular flexibility index (Phi) is 6.77. The number of benzene rings is 2. The molecule has 0 nitrogen and oxygen atoms in total. The van der Waals surface area contributed by atoms with E-state index in [9.17, 15) is 0 Å². The van der Waals surface area contributed by atoms with Crippen LogP contribution in [0.3, 0.4) is 0 Å². The maximum atomic E-state index is 2.48. The molecule has 3 aromatic rings. The molecule has 3 rings (SSSR count). The van der Waals surface area contributed by atoms with E-state index in [2.05, 4.69) is 127 Å². The fraction of sp³-hybridized carbons (Fsp3) is 0.370. The molecule has 154 valence electrons. The molecule has 0 heterocycles. The summed E-state index contributed by atoms with van der Waals surface area (Å²) in [7, 11) is -0.771. The predicted octanol–water partition coefficient (Wildman–Crippen LogP) is 7.30. The van der Waals surface area contributed by atoms with Gasteiger partial charge < -0.3 is 0 Å². The van der Waals surface area contributed by atoms with E-state index in [1.54, 1.807) is 5.56 Å². The Bertz CT molecular complexity index is 841. The molecule has 0 fully saturated rings. The van der Waals surface area contributed by atoms with E-state index in [0.29, 0.717) is 16.0 Å². The zero-order chi connectivity index (χ0) is 21.2. The van der Waals surface area contributed by atoms with Crippen molar-refractivity contribution in [2.45, 2.75) is 64.4 Å². The highest BCUT2D eigenvalue weighted by Gasteiger charge is 2.37. The maximum absolute atomic E-state index is 2.48. The molecular weight excluding hydrogens is 386 g/mol. The summed E-state index contributed by atoms with van der Waals surface area (Å²) in [5.41, 5.74) is 2.12. The summed E-state index contributed by atoms with van der Waals surface area (Å²) in [4.78, 5) is 0. The summed E-state index contributed by atoms with van der Waals surface area (Å²) >= 11 is 0. The fourth-order valence-corrected chi connectivity index (χ4v) is 12.4. The molecule has 0 spiro atoms. The van der Waals surface area contributed by atoms with Crippen molar-refractivity contribution < 1.29 is 0 Å². The summed E-state index contributed by atoms with van der Waals surface area (Å²) < 4.78 is 0. The largest absolute Gasteiger partial charge is 0.213 e. The minimum Gasteiger partial charge on any atom is -0.213 e. The predicted molar refractivity (Wildman–Crippen MR) is 136 cm³/mol. The van der Waals surface area contributed by atoms with Crippen molar-refractivity contribution >= 4 is 31.8 Å². The summed E-state index contributed by atoms with van der Waals surface area (Å²) in [6.07, 6.45) is 0. The van der Waals surface area contributed by atoms with E-state index >= 15 is 0 Å². The molecule has 0 saturated carbocycles. The Morgan fingerprint density at radius 1 is 0.655 bits per heavy atom. The van der Waals surface area contributed by atoms with Crippen molar-refractivity contribution in [1.82, 2.24) is 0 Å². The Morgan fingerprint density at radius 2 is 1.10 bits per heavy atom. The van der Waals surface area contributed by atoms with Crippen LogP contribution in [0.2, 0.25) is 0 Å². The Hall–Kier alpha value is -1.35. The van der Waals surface area contributed by atoms with E-state index in [4.69, 9.17) is 0 Å². The highest BCUT2D eigenvalue weighted by molar-refractivity contribution is 7.80. The van der Waals surface area contributed by atoms with Gasteiger partial charge in [0.2, 0.25) is 0 Å². The summed E-state index contributed by atoms with van der Waals surface area (Å²) in [6, 6.07) is 29.2. The molecule has 0 aliphatic heterocycles. The topological polar surface area (TPSA) is 0 Å². The van der Waals surface area contributed by atoms with E-state index in [1.165, 1.54) is 15.9 Å². The van der Waals surface area contributed by atoms with Gasteiger partial charge in [0.05, 0.1) is 0 Å². The van der Waals surface area contributed by atoms with Crippen LogP contribution in [-0.2, 0) is 0 Å². The van der Waals surface area contributed by atoms with Crippen LogP contribution in [-0.4, -0.2) is 10.3 Å². The minimum atomic E-state index is -0.548. The lowest BCUT2D eigenvalue weighted by Crippen LogP contribution is -2.29. The molecule has 0 N–H and O–H groups in total. The first-order valence-electron chi connectivity index (χ1n) is 10.6. The molecule has 0 saturated heterocycles. The van der Waals surface area contributed by atoms with Crippen LogP contribution in [0.5, 0.6) is 0 Å². The molecular formula is C27H35P2-. The van der Waals surface area contributed by atoms with E-state index in [-0.39, 0.29) is 7.92 Å². The number of rotatable bonds is 5. The van der Waals surface area contributed by atoms with Crippen molar-refractivity contribution in [2.75, 3.05) is 0 Å². The Morgan fingerprint density at radius 3 is 1.52 bits per heavy atom. The average Bonchev–Trinajstić information content (AvgIpc) is 3.11. The highest BCUT2D eigenvalue weighted by atomic mass is 31.1. The van der Waals surface area contributed by atoms with Crippen LogP contribution in [0.25, 0.3) is 0 Å². The molecule has 1 atom stereocenters. The van der Waals surface area contributed by atoms with Crippen LogP contribution < -0.4 is 15.9 Å². The molecule has 0 bridgehead atoms. The lowest BCUT2D eigenvalue weighted by Gasteiger charge is -2.47. The molecule has 0 aromatic heterocycles. The van der Waals surface area contributed by atoms with Crippen molar-refractivity contribution in [3.05, 3.63) is 84.4 Å². The van der Waals surface area contributed by atoms with Crippen molar-refractivity contribution in [3.8, 4) is 0 Å². The van der Waals surface area contributed by atoms with Gasteiger partial charge in [-0.3, -0.25) is 0 Å².